The predicted octanol–water partition coefficient (Wildman–Crippen LogP) is 1.64. The summed E-state index contributed by atoms with van der Waals surface area (Å²) >= 11 is 2.97. The fraction of sp³-hybridized carbons (Fsp3) is 1.00. The van der Waals surface area contributed by atoms with Gasteiger partial charge in [0.25, 0.3) is 5.92 Å². The van der Waals surface area contributed by atoms with Crippen molar-refractivity contribution >= 4 is 16.1 Å². The highest BCUT2D eigenvalue weighted by atomic mass is 79.9. The molecule has 1 rings (SSSR count). The number of alkyl halides is 2. The summed E-state index contributed by atoms with van der Waals surface area (Å²) in [5, 5.41) is 0. The molecule has 0 radical (unpaired) electrons. The van der Waals surface area contributed by atoms with Crippen molar-refractivity contribution in [3.05, 3.63) is 0 Å². The second kappa shape index (κ2) is 1.92. The van der Waals surface area contributed by atoms with Crippen molar-refractivity contribution in [3.8, 4) is 0 Å². The van der Waals surface area contributed by atoms with Crippen LogP contribution in [0.5, 0.6) is 0 Å². The first-order valence-corrected chi connectivity index (χ1v) is 3.10. The minimum Gasteiger partial charge on any atom is -0.236 e. The van der Waals surface area contributed by atoms with Gasteiger partial charge in [-0.2, -0.15) is 0 Å². The van der Waals surface area contributed by atoms with Crippen LogP contribution < -0.4 is 0 Å². The van der Waals surface area contributed by atoms with Gasteiger partial charge in [0.05, 0.1) is 6.54 Å². The molecule has 0 atom stereocenters. The Morgan fingerprint density at radius 2 is 2.12 bits per heavy atom. The first-order valence-electron chi connectivity index (χ1n) is 2.39. The van der Waals surface area contributed by atoms with Gasteiger partial charge in [-0.1, -0.05) is 0 Å². The molecule has 8 heavy (non-hydrogen) atoms. The maximum Gasteiger partial charge on any atom is 0.262 e. The third-order valence-electron chi connectivity index (χ3n) is 1.12. The van der Waals surface area contributed by atoms with Gasteiger partial charge in [0, 0.05) is 29.1 Å². The first-order chi connectivity index (χ1) is 3.60. The van der Waals surface area contributed by atoms with E-state index in [4.69, 9.17) is 0 Å². The van der Waals surface area contributed by atoms with Crippen LogP contribution in [-0.2, 0) is 0 Å². The highest BCUT2D eigenvalue weighted by Crippen LogP contribution is 2.28. The van der Waals surface area contributed by atoms with Gasteiger partial charge in [0.1, 0.15) is 0 Å². The Morgan fingerprint density at radius 1 is 1.50 bits per heavy atom. The Balaban J connectivity index is 2.44. The van der Waals surface area contributed by atoms with E-state index in [1.54, 1.807) is 0 Å². The normalized spacial score (nSPS) is 28.9. The summed E-state index contributed by atoms with van der Waals surface area (Å²) in [5.74, 6) is -2.45. The van der Waals surface area contributed by atoms with Gasteiger partial charge in [-0.3, -0.25) is 0 Å². The largest absolute Gasteiger partial charge is 0.262 e. The van der Waals surface area contributed by atoms with Crippen molar-refractivity contribution in [2.45, 2.75) is 12.3 Å². The minimum absolute atomic E-state index is 0.0156. The lowest BCUT2D eigenvalue weighted by molar-refractivity contribution is 0.0194. The summed E-state index contributed by atoms with van der Waals surface area (Å²) in [6.45, 7) is 0.306. The lowest BCUT2D eigenvalue weighted by Crippen LogP contribution is -2.17. The summed E-state index contributed by atoms with van der Waals surface area (Å²) in [5.41, 5.74) is 0. The molecule has 1 aliphatic heterocycles. The molecule has 0 aromatic heterocycles. The Kier molecular flexibility index (Phi) is 1.54. The van der Waals surface area contributed by atoms with E-state index in [1.165, 1.54) is 3.93 Å². The van der Waals surface area contributed by atoms with Crippen LogP contribution in [0.4, 0.5) is 8.78 Å². The summed E-state index contributed by atoms with van der Waals surface area (Å²) in [4.78, 5) is 0. The molecule has 0 aromatic rings. The van der Waals surface area contributed by atoms with Crippen molar-refractivity contribution in [2.24, 2.45) is 0 Å². The molecule has 0 aliphatic carbocycles. The van der Waals surface area contributed by atoms with Crippen molar-refractivity contribution in [3.63, 3.8) is 0 Å². The number of nitrogens with zero attached hydrogens (tertiary/aromatic N) is 1. The van der Waals surface area contributed by atoms with E-state index in [0.717, 1.165) is 0 Å². The van der Waals surface area contributed by atoms with Crippen molar-refractivity contribution in [1.29, 1.82) is 0 Å². The predicted molar refractivity (Wildman–Crippen MR) is 30.1 cm³/mol. The second-order valence-corrected chi connectivity index (χ2v) is 2.95. The van der Waals surface area contributed by atoms with E-state index >= 15 is 0 Å². The van der Waals surface area contributed by atoms with Gasteiger partial charge in [0.15, 0.2) is 0 Å². The lowest BCUT2D eigenvalue weighted by Gasteiger charge is -2.05. The monoisotopic (exact) mass is 185 g/mol. The van der Waals surface area contributed by atoms with E-state index < -0.39 is 5.92 Å². The zero-order valence-electron chi connectivity index (χ0n) is 4.20. The Bertz CT molecular complexity index is 96.0. The van der Waals surface area contributed by atoms with Gasteiger partial charge in [-0.05, 0) is 0 Å². The van der Waals surface area contributed by atoms with Crippen LogP contribution in [0.1, 0.15) is 6.42 Å². The molecule has 0 unspecified atom stereocenters. The van der Waals surface area contributed by atoms with Crippen LogP contribution >= 0.6 is 16.1 Å². The van der Waals surface area contributed by atoms with Gasteiger partial charge < -0.3 is 0 Å². The molecule has 1 fully saturated rings. The number of hydrogen-bond acceptors (Lipinski definition) is 1. The summed E-state index contributed by atoms with van der Waals surface area (Å²) < 4.78 is 25.7. The van der Waals surface area contributed by atoms with E-state index in [0.29, 0.717) is 6.54 Å². The second-order valence-electron chi connectivity index (χ2n) is 1.95. The fourth-order valence-corrected chi connectivity index (χ4v) is 1.24. The molecule has 0 spiro atoms. The van der Waals surface area contributed by atoms with Crippen LogP contribution in [0.25, 0.3) is 0 Å². The zero-order chi connectivity index (χ0) is 6.20. The molecule has 48 valence electrons. The molecule has 0 saturated carbocycles. The molecular weight excluding hydrogens is 180 g/mol. The molecule has 1 saturated heterocycles. The average Bonchev–Trinajstić information content (AvgIpc) is 1.82. The zero-order valence-corrected chi connectivity index (χ0v) is 5.79. The van der Waals surface area contributed by atoms with E-state index in [2.05, 4.69) is 16.1 Å². The van der Waals surface area contributed by atoms with Crippen molar-refractivity contribution in [1.82, 2.24) is 3.93 Å². The Labute approximate surface area is 55.0 Å². The van der Waals surface area contributed by atoms with Crippen LogP contribution in [0.2, 0.25) is 0 Å². The smallest absolute Gasteiger partial charge is 0.236 e. The minimum atomic E-state index is -2.45. The SMILES string of the molecule is FC1(F)CCN(Br)C1. The third kappa shape index (κ3) is 1.39. The van der Waals surface area contributed by atoms with Crippen molar-refractivity contribution in [2.75, 3.05) is 13.1 Å². The van der Waals surface area contributed by atoms with Crippen LogP contribution in [0, 0.1) is 0 Å². The maximum absolute atomic E-state index is 12.1. The van der Waals surface area contributed by atoms with Gasteiger partial charge in [-0.15, -0.1) is 0 Å². The number of hydrogen-bond donors (Lipinski definition) is 0. The first kappa shape index (κ1) is 6.42. The van der Waals surface area contributed by atoms with E-state index in [-0.39, 0.29) is 13.0 Å². The standard InChI is InChI=1S/C4H6BrF2N/c5-8-2-1-4(6,7)3-8/h1-3H2. The molecule has 0 bridgehead atoms. The van der Waals surface area contributed by atoms with Crippen LogP contribution in [0.3, 0.4) is 0 Å². The van der Waals surface area contributed by atoms with E-state index in [9.17, 15) is 8.78 Å². The third-order valence-corrected chi connectivity index (χ3v) is 1.73. The summed E-state index contributed by atoms with van der Waals surface area (Å²) in [7, 11) is 0. The number of halogens is 3. The molecule has 0 aromatic carbocycles. The summed E-state index contributed by atoms with van der Waals surface area (Å²) in [6, 6.07) is 0. The molecule has 0 amide bonds. The lowest BCUT2D eigenvalue weighted by atomic mass is 10.3. The van der Waals surface area contributed by atoms with Gasteiger partial charge in [-0.25, -0.2) is 12.7 Å². The maximum atomic E-state index is 12.1. The van der Waals surface area contributed by atoms with Crippen molar-refractivity contribution < 1.29 is 8.78 Å². The molecule has 1 aliphatic rings. The number of rotatable bonds is 0. The average molecular weight is 186 g/mol. The molecule has 1 heterocycles. The summed E-state index contributed by atoms with van der Waals surface area (Å²) in [6.07, 6.45) is -0.0156. The van der Waals surface area contributed by atoms with Crippen LogP contribution in [-0.4, -0.2) is 22.9 Å². The highest BCUT2D eigenvalue weighted by Gasteiger charge is 2.37. The van der Waals surface area contributed by atoms with E-state index in [1.807, 2.05) is 0 Å². The molecule has 0 N–H and O–H groups in total. The Morgan fingerprint density at radius 3 is 2.25 bits per heavy atom. The van der Waals surface area contributed by atoms with Gasteiger partial charge in [0.2, 0.25) is 0 Å². The quantitative estimate of drug-likeness (QED) is 0.519. The topological polar surface area (TPSA) is 3.24 Å². The van der Waals surface area contributed by atoms with Crippen LogP contribution in [0.15, 0.2) is 0 Å². The fourth-order valence-electron chi connectivity index (χ4n) is 0.694. The van der Waals surface area contributed by atoms with Gasteiger partial charge >= 0.3 is 0 Å². The Hall–Kier alpha value is 0.300. The molecular formula is C4H6BrF2N. The molecule has 1 nitrogen and oxygen atoms in total. The highest BCUT2D eigenvalue weighted by molar-refractivity contribution is 9.07. The molecule has 4 heteroatoms.